The van der Waals surface area contributed by atoms with Crippen LogP contribution in [-0.2, 0) is 32.0 Å². The second kappa shape index (κ2) is 19.2. The summed E-state index contributed by atoms with van der Waals surface area (Å²) in [6.45, 7) is 0.791. The number of quaternary nitrogens is 1. The van der Waals surface area contributed by atoms with Gasteiger partial charge in [-0.2, -0.15) is 13.2 Å². The Morgan fingerprint density at radius 2 is 1.57 bits per heavy atom. The average molecular weight is 922 g/mol. The highest BCUT2D eigenvalue weighted by Crippen LogP contribution is 2.51. The second-order valence-electron chi connectivity index (χ2n) is 17.7. The summed E-state index contributed by atoms with van der Waals surface area (Å²) >= 11 is 0. The normalized spacial score (nSPS) is 20.5. The van der Waals surface area contributed by atoms with Crippen molar-refractivity contribution in [2.75, 3.05) is 31.3 Å². The molecule has 0 spiro atoms. The highest BCUT2D eigenvalue weighted by Gasteiger charge is 2.70. The number of aliphatic hydroxyl groups excluding tert-OH is 1. The van der Waals surface area contributed by atoms with Crippen molar-refractivity contribution in [3.8, 4) is 16.9 Å². The molecule has 0 aliphatic carbocycles. The van der Waals surface area contributed by atoms with Gasteiger partial charge in [0.05, 0.1) is 31.4 Å². The van der Waals surface area contributed by atoms with E-state index in [9.17, 15) is 37.8 Å². The van der Waals surface area contributed by atoms with Crippen molar-refractivity contribution in [1.29, 1.82) is 0 Å². The summed E-state index contributed by atoms with van der Waals surface area (Å²) in [6.07, 6.45) is -2.72. The molecule has 2 bridgehead atoms. The second-order valence-corrected chi connectivity index (χ2v) is 17.7. The first-order valence-electron chi connectivity index (χ1n) is 21.9. The molecule has 14 nitrogen and oxygen atoms in total. The number of carboxylic acids is 1. The molecule has 6 atom stereocenters. The minimum absolute atomic E-state index is 0.0472. The number of carboxylic acid groups (broad SMARTS) is 1. The Hall–Kier alpha value is -6.79. The molecule has 1 aromatic heterocycles. The molecule has 5 aromatic carbocycles. The quantitative estimate of drug-likeness (QED) is 0.0552. The molecule has 3 aliphatic rings. The Balaban J connectivity index is 0.000000807. The minimum Gasteiger partial charge on any atom is -0.542 e. The number of aromatic hydroxyl groups is 1. The number of piperidine rings is 1. The fraction of sp³-hybridized carbons (Fsp3) is 0.320. The zero-order valence-corrected chi connectivity index (χ0v) is 36.6. The third kappa shape index (κ3) is 10.8. The number of likely N-dealkylation sites (N-methyl/N-ethyl adjacent to an activating group) is 1. The number of pyridine rings is 1. The summed E-state index contributed by atoms with van der Waals surface area (Å²) in [7, 11) is 4.52. The van der Waals surface area contributed by atoms with Gasteiger partial charge in [0, 0.05) is 55.1 Å². The van der Waals surface area contributed by atoms with Crippen LogP contribution < -0.4 is 26.6 Å². The molecular weight excluding hydrogens is 872 g/mol. The van der Waals surface area contributed by atoms with Gasteiger partial charge in [0.15, 0.2) is 0 Å². The molecule has 3 aliphatic heterocycles. The van der Waals surface area contributed by atoms with Crippen LogP contribution in [0.15, 0.2) is 114 Å². The molecule has 6 N–H and O–H groups in total. The van der Waals surface area contributed by atoms with Crippen LogP contribution in [0.25, 0.3) is 32.8 Å². The van der Waals surface area contributed by atoms with Gasteiger partial charge in [0.1, 0.15) is 42.1 Å². The summed E-state index contributed by atoms with van der Waals surface area (Å²) in [4.78, 5) is 49.5. The largest absolute Gasteiger partial charge is 0.542 e. The molecule has 0 unspecified atom stereocenters. The summed E-state index contributed by atoms with van der Waals surface area (Å²) in [5.41, 5.74) is 5.99. The molecule has 67 heavy (non-hydrogen) atoms. The number of halogens is 3. The fourth-order valence-corrected chi connectivity index (χ4v) is 9.48. The van der Waals surface area contributed by atoms with Crippen LogP contribution >= 0.6 is 0 Å². The number of H-pyrrole nitrogens is 1. The van der Waals surface area contributed by atoms with Crippen molar-refractivity contribution in [1.82, 2.24) is 10.3 Å². The predicted octanol–water partition coefficient (Wildman–Crippen LogP) is 6.44. The van der Waals surface area contributed by atoms with E-state index in [1.807, 2.05) is 72.8 Å². The molecule has 3 fully saturated rings. The number of ether oxygens (including phenoxy) is 2. The number of fused-ring (bicyclic) bond motifs is 7. The van der Waals surface area contributed by atoms with E-state index in [4.69, 9.17) is 19.4 Å². The SMILES string of the molecule is C[N+]1(C)[C@@H]2C[C@@H](OC(=O)Nc3ccc(CCCC(=O)Nc4ccc5cc(CNC[C@H](O)c6ccc(O)c7[nH]c(=O)ccc67)ccc5c4)cc3-c3ccccc3)C[C@H]1[C@@H]1O[C@@H]12.O=C([O-])C(F)(F)F. The lowest BCUT2D eigenvalue weighted by Gasteiger charge is -2.45. The third-order valence-corrected chi connectivity index (χ3v) is 12.9. The highest BCUT2D eigenvalue weighted by molar-refractivity contribution is 5.95. The van der Waals surface area contributed by atoms with E-state index in [0.717, 1.165) is 56.0 Å². The molecular formula is C50H50F3N5O9. The van der Waals surface area contributed by atoms with Gasteiger partial charge in [-0.05, 0) is 88.3 Å². The number of benzene rings is 5. The molecule has 3 saturated heterocycles. The number of phenolic OH excluding ortho intramolecular Hbond substituents is 1. The maximum atomic E-state index is 13.2. The molecule has 0 radical (unpaired) electrons. The number of aromatic amines is 1. The number of aliphatic hydroxyl groups is 1. The molecule has 6 aromatic rings. The van der Waals surface area contributed by atoms with Gasteiger partial charge in [-0.15, -0.1) is 0 Å². The Kier molecular flexibility index (Phi) is 13.4. The molecule has 350 valence electrons. The number of aromatic nitrogens is 1. The van der Waals surface area contributed by atoms with Crippen LogP contribution in [0.2, 0.25) is 0 Å². The number of phenols is 1. The lowest BCUT2D eigenvalue weighted by molar-refractivity contribution is -0.938. The van der Waals surface area contributed by atoms with Gasteiger partial charge in [0.25, 0.3) is 0 Å². The number of amides is 2. The van der Waals surface area contributed by atoms with Crippen LogP contribution in [0.3, 0.4) is 0 Å². The topological polar surface area (TPSA) is 205 Å². The maximum absolute atomic E-state index is 13.2. The van der Waals surface area contributed by atoms with Crippen molar-refractivity contribution in [2.45, 2.75) is 81.3 Å². The van der Waals surface area contributed by atoms with Crippen LogP contribution in [0, 0.1) is 0 Å². The van der Waals surface area contributed by atoms with Gasteiger partial charge in [0.2, 0.25) is 11.5 Å². The average Bonchev–Trinajstić information content (AvgIpc) is 4.06. The van der Waals surface area contributed by atoms with Crippen molar-refractivity contribution in [3.63, 3.8) is 0 Å². The smallest absolute Gasteiger partial charge is 0.430 e. The molecule has 17 heteroatoms. The fourth-order valence-electron chi connectivity index (χ4n) is 9.48. The number of alkyl halides is 3. The lowest BCUT2D eigenvalue weighted by atomic mass is 9.96. The number of nitrogens with zero attached hydrogens (tertiary/aromatic N) is 1. The molecule has 9 rings (SSSR count). The zero-order valence-electron chi connectivity index (χ0n) is 36.6. The van der Waals surface area contributed by atoms with Crippen LogP contribution in [0.4, 0.5) is 29.3 Å². The van der Waals surface area contributed by atoms with E-state index in [1.54, 1.807) is 12.1 Å². The van der Waals surface area contributed by atoms with E-state index in [-0.39, 0.29) is 29.9 Å². The first-order valence-corrected chi connectivity index (χ1v) is 21.9. The Labute approximate surface area is 382 Å². The number of anilines is 2. The Bertz CT molecular complexity index is 2850. The van der Waals surface area contributed by atoms with E-state index < -0.39 is 24.3 Å². The number of nitrogens with one attached hydrogen (secondary N) is 4. The van der Waals surface area contributed by atoms with Crippen molar-refractivity contribution in [3.05, 3.63) is 136 Å². The third-order valence-electron chi connectivity index (χ3n) is 12.9. The standard InChI is InChI=1S/C48H49N5O7.C2HF3O2/c1-53(2)39-24-34(25-40(53)47-46(39)60-47)59-48(58)51-38-18-12-28(22-37(38)30-8-4-3-5-9-30)7-6-10-43(56)50-33-15-14-31-21-29(11-13-32(31)23-33)26-49-27-42(55)35-16-19-41(54)45-36(35)17-20-44(57)52-45;3-2(4,5)1(6)7/h3-5,8-9,11-23,34,39-40,42,46-47,49,55H,6-7,10,24-27H2,1-2H3,(H3-,50,51,52,54,56,57,58);(H,6,7)/t34-,39-,40+,42-,46-,47+;/m0./s1. The van der Waals surface area contributed by atoms with E-state index in [0.29, 0.717) is 72.3 Å². The number of morpholine rings is 1. The number of carbonyl (C=O) groups is 3. The van der Waals surface area contributed by atoms with Gasteiger partial charge < -0.3 is 49.7 Å². The number of rotatable bonds is 13. The lowest BCUT2D eigenvalue weighted by Crippen LogP contribution is -2.60. The zero-order chi connectivity index (χ0) is 47.6. The summed E-state index contributed by atoms with van der Waals surface area (Å²) in [6, 6.07) is 34.8. The maximum Gasteiger partial charge on any atom is 0.430 e. The molecule has 4 heterocycles. The number of aliphatic carboxylic acids is 1. The highest BCUT2D eigenvalue weighted by atomic mass is 19.4. The Morgan fingerprint density at radius 3 is 2.28 bits per heavy atom. The van der Waals surface area contributed by atoms with Crippen LogP contribution in [-0.4, -0.2) is 94.9 Å². The molecule has 2 amide bonds. The van der Waals surface area contributed by atoms with E-state index in [2.05, 4.69) is 47.2 Å². The number of hydrogen-bond donors (Lipinski definition) is 6. The van der Waals surface area contributed by atoms with Gasteiger partial charge in [-0.1, -0.05) is 60.7 Å². The number of carbonyl (C=O) groups excluding carboxylic acids is 3. The molecule has 0 saturated carbocycles. The van der Waals surface area contributed by atoms with Gasteiger partial charge >= 0.3 is 12.3 Å². The monoisotopic (exact) mass is 921 g/mol. The van der Waals surface area contributed by atoms with Crippen LogP contribution in [0.5, 0.6) is 5.75 Å². The van der Waals surface area contributed by atoms with Crippen molar-refractivity contribution < 1.29 is 56.8 Å². The first kappa shape index (κ1) is 46.7. The summed E-state index contributed by atoms with van der Waals surface area (Å²) in [5.74, 6) is -3.12. The number of epoxide rings is 1. The van der Waals surface area contributed by atoms with E-state index >= 15 is 0 Å². The first-order chi connectivity index (χ1) is 31.9. The van der Waals surface area contributed by atoms with E-state index in [1.165, 1.54) is 12.1 Å². The van der Waals surface area contributed by atoms with Crippen LogP contribution in [0.1, 0.15) is 48.5 Å². The summed E-state index contributed by atoms with van der Waals surface area (Å²) in [5, 5.41) is 41.9. The van der Waals surface area contributed by atoms with Gasteiger partial charge in [-0.25, -0.2) is 4.79 Å². The number of hydrogen-bond acceptors (Lipinski definition) is 10. The van der Waals surface area contributed by atoms with Crippen molar-refractivity contribution >= 4 is 51.0 Å². The summed E-state index contributed by atoms with van der Waals surface area (Å²) < 4.78 is 44.4. The van der Waals surface area contributed by atoms with Crippen molar-refractivity contribution in [2.24, 2.45) is 0 Å². The van der Waals surface area contributed by atoms with Gasteiger partial charge in [-0.3, -0.25) is 14.9 Å². The minimum atomic E-state index is -5.19. The number of aryl methyl sites for hydroxylation is 1. The predicted molar refractivity (Wildman–Crippen MR) is 243 cm³/mol. The Morgan fingerprint density at radius 1 is 0.881 bits per heavy atom.